The Morgan fingerprint density at radius 3 is 2.33 bits per heavy atom. The molecule has 1 heterocycles. The van der Waals surface area contributed by atoms with Crippen LogP contribution in [0.25, 0.3) is 16.1 Å². The molecule has 1 aromatic heterocycles. The van der Waals surface area contributed by atoms with Crippen LogP contribution >= 0.6 is 0 Å². The van der Waals surface area contributed by atoms with Crippen LogP contribution in [0.5, 0.6) is 0 Å². The summed E-state index contributed by atoms with van der Waals surface area (Å²) >= 11 is 0. The van der Waals surface area contributed by atoms with Gasteiger partial charge in [-0.05, 0) is 30.7 Å². The third-order valence-corrected chi connectivity index (χ3v) is 4.45. The summed E-state index contributed by atoms with van der Waals surface area (Å²) in [6, 6.07) is 8.33. The Morgan fingerprint density at radius 1 is 1.03 bits per heavy atom. The van der Waals surface area contributed by atoms with Crippen molar-refractivity contribution >= 4 is 5.69 Å². The van der Waals surface area contributed by atoms with Gasteiger partial charge in [0.25, 0.3) is 11.2 Å². The fourth-order valence-corrected chi connectivity index (χ4v) is 3.02. The zero-order valence-electron chi connectivity index (χ0n) is 15.3. The van der Waals surface area contributed by atoms with Gasteiger partial charge in [-0.3, -0.25) is 4.79 Å². The molecule has 2 aromatic carbocycles. The minimum atomic E-state index is -4.98. The summed E-state index contributed by atoms with van der Waals surface area (Å²) < 4.78 is 82.1. The fraction of sp³-hybridized carbons (Fsp3) is 0.143. The molecule has 0 fully saturated rings. The Bertz CT molecular complexity index is 1240. The van der Waals surface area contributed by atoms with Crippen molar-refractivity contribution < 1.29 is 26.3 Å². The van der Waals surface area contributed by atoms with Crippen LogP contribution in [0, 0.1) is 30.9 Å². The van der Waals surface area contributed by atoms with E-state index in [0.29, 0.717) is 17.7 Å². The molecule has 0 radical (unpaired) electrons. The molecule has 3 nitrogen and oxygen atoms in total. The van der Waals surface area contributed by atoms with Crippen molar-refractivity contribution in [1.29, 1.82) is 0 Å². The van der Waals surface area contributed by atoms with Crippen molar-refractivity contribution in [2.75, 3.05) is 0 Å². The molecule has 0 atom stereocenters. The van der Waals surface area contributed by atoms with Gasteiger partial charge < -0.3 is 4.57 Å². The maximum Gasteiger partial charge on any atom is 0.407 e. The molecule has 0 bridgehead atoms. The Balaban J connectivity index is 2.35. The monoisotopic (exact) mass is 422 g/mol. The van der Waals surface area contributed by atoms with E-state index < -0.39 is 52.5 Å². The number of halogens is 6. The Hall–Kier alpha value is -3.54. The molecule has 0 aliphatic carbocycles. The van der Waals surface area contributed by atoms with Crippen LogP contribution in [0.3, 0.4) is 0 Å². The Labute approximate surface area is 166 Å². The molecule has 3 rings (SSSR count). The number of aryl methyl sites for hydroxylation is 1. The van der Waals surface area contributed by atoms with E-state index in [2.05, 4.69) is 4.85 Å². The molecule has 30 heavy (non-hydrogen) atoms. The number of rotatable bonds is 3. The first-order chi connectivity index (χ1) is 14.0. The summed E-state index contributed by atoms with van der Waals surface area (Å²) in [5.41, 5.74) is -3.76. The summed E-state index contributed by atoms with van der Waals surface area (Å²) in [4.78, 5) is 15.5. The van der Waals surface area contributed by atoms with E-state index in [0.717, 1.165) is 10.6 Å². The lowest BCUT2D eigenvalue weighted by atomic mass is 10.0. The predicted octanol–water partition coefficient (Wildman–Crippen LogP) is 5.86. The summed E-state index contributed by atoms with van der Waals surface area (Å²) in [7, 11) is 0. The number of hydrogen-bond donors (Lipinski definition) is 0. The maximum absolute atomic E-state index is 14.2. The minimum absolute atomic E-state index is 0.206. The molecule has 0 spiro atoms. The van der Waals surface area contributed by atoms with Gasteiger partial charge in [0, 0.05) is 11.3 Å². The van der Waals surface area contributed by atoms with E-state index in [1.807, 2.05) is 0 Å². The van der Waals surface area contributed by atoms with Crippen LogP contribution in [0.15, 0.2) is 47.3 Å². The van der Waals surface area contributed by atoms with Crippen molar-refractivity contribution in [3.8, 4) is 11.3 Å². The second kappa shape index (κ2) is 7.71. The highest BCUT2D eigenvalue weighted by atomic mass is 19.4. The van der Waals surface area contributed by atoms with Crippen LogP contribution in [-0.4, -0.2) is 4.57 Å². The summed E-state index contributed by atoms with van der Waals surface area (Å²) in [5.74, 6) is -4.78. The van der Waals surface area contributed by atoms with E-state index in [4.69, 9.17) is 6.57 Å². The first-order valence-corrected chi connectivity index (χ1v) is 8.46. The molecule has 0 N–H and O–H groups in total. The average Bonchev–Trinajstić information content (AvgIpc) is 2.68. The van der Waals surface area contributed by atoms with E-state index in [1.165, 1.54) is 12.1 Å². The van der Waals surface area contributed by atoms with Gasteiger partial charge in [-0.25, -0.2) is 18.0 Å². The lowest BCUT2D eigenvalue weighted by Crippen LogP contribution is -2.26. The summed E-state index contributed by atoms with van der Waals surface area (Å²) in [5, 5.41) is 0. The highest BCUT2D eigenvalue weighted by Gasteiger charge is 2.36. The normalized spacial score (nSPS) is 11.4. The molecule has 0 aliphatic rings. The van der Waals surface area contributed by atoms with Gasteiger partial charge in [0.05, 0.1) is 18.7 Å². The molecular formula is C21H12F6N2O. The quantitative estimate of drug-likeness (QED) is 0.295. The molecule has 0 aliphatic heterocycles. The van der Waals surface area contributed by atoms with Gasteiger partial charge in [0.1, 0.15) is 0 Å². The largest absolute Gasteiger partial charge is 0.407 e. The molecular weight excluding hydrogens is 410 g/mol. The van der Waals surface area contributed by atoms with Crippen LogP contribution in [-0.2, 0) is 12.7 Å². The van der Waals surface area contributed by atoms with E-state index in [1.54, 1.807) is 19.1 Å². The van der Waals surface area contributed by atoms with Crippen molar-refractivity contribution in [1.82, 2.24) is 4.57 Å². The zero-order chi connectivity index (χ0) is 22.2. The molecule has 0 amide bonds. The average molecular weight is 422 g/mol. The van der Waals surface area contributed by atoms with Gasteiger partial charge in [0.2, 0.25) is 0 Å². The first kappa shape index (κ1) is 21.2. The van der Waals surface area contributed by atoms with Gasteiger partial charge in [-0.1, -0.05) is 29.8 Å². The predicted molar refractivity (Wildman–Crippen MR) is 97.6 cm³/mol. The molecule has 9 heteroatoms. The second-order valence-electron chi connectivity index (χ2n) is 6.50. The molecule has 0 saturated heterocycles. The van der Waals surface area contributed by atoms with Gasteiger partial charge in [-0.15, -0.1) is 0 Å². The van der Waals surface area contributed by atoms with Crippen LogP contribution < -0.4 is 5.56 Å². The standard InChI is InChI=1S/C21H12F6N2O/c1-11-4-3-5-12(8-11)16-9-14(21(25,26)27)19(28-2)20(30)29(16)10-13-6-7-15(22)18(24)17(13)23/h3-9H,10H2,1H3. The van der Waals surface area contributed by atoms with Gasteiger partial charge >= 0.3 is 6.18 Å². The highest BCUT2D eigenvalue weighted by Crippen LogP contribution is 2.37. The Kier molecular flexibility index (Phi) is 5.44. The van der Waals surface area contributed by atoms with E-state index in [9.17, 15) is 31.1 Å². The van der Waals surface area contributed by atoms with Gasteiger partial charge in [0.15, 0.2) is 17.5 Å². The van der Waals surface area contributed by atoms with E-state index in [-0.39, 0.29) is 11.3 Å². The minimum Gasteiger partial charge on any atom is -0.313 e. The SMILES string of the molecule is [C-]#[N+]c1c(C(F)(F)F)cc(-c2cccc(C)c2)n(Cc2ccc(F)c(F)c2F)c1=O. The van der Waals surface area contributed by atoms with Crippen LogP contribution in [0.1, 0.15) is 16.7 Å². The number of aromatic nitrogens is 1. The highest BCUT2D eigenvalue weighted by molar-refractivity contribution is 5.66. The van der Waals surface area contributed by atoms with Crippen LogP contribution in [0.4, 0.5) is 32.0 Å². The third-order valence-electron chi connectivity index (χ3n) is 4.45. The lowest BCUT2D eigenvalue weighted by molar-refractivity contribution is -0.136. The van der Waals surface area contributed by atoms with E-state index >= 15 is 0 Å². The number of pyridine rings is 1. The summed E-state index contributed by atoms with van der Waals surface area (Å²) in [6.07, 6.45) is -4.98. The molecule has 0 saturated carbocycles. The second-order valence-corrected chi connectivity index (χ2v) is 6.50. The van der Waals surface area contributed by atoms with Crippen molar-refractivity contribution in [3.63, 3.8) is 0 Å². The number of hydrogen-bond acceptors (Lipinski definition) is 1. The molecule has 0 unspecified atom stereocenters. The van der Waals surface area contributed by atoms with Gasteiger partial charge in [-0.2, -0.15) is 13.2 Å². The topological polar surface area (TPSA) is 26.4 Å². The van der Waals surface area contributed by atoms with Crippen molar-refractivity contribution in [3.05, 3.63) is 98.4 Å². The number of benzene rings is 2. The molecule has 3 aromatic rings. The zero-order valence-corrected chi connectivity index (χ0v) is 15.3. The Morgan fingerprint density at radius 2 is 1.73 bits per heavy atom. The number of alkyl halides is 3. The maximum atomic E-state index is 14.2. The fourth-order valence-electron chi connectivity index (χ4n) is 3.02. The lowest BCUT2D eigenvalue weighted by Gasteiger charge is -2.18. The summed E-state index contributed by atoms with van der Waals surface area (Å²) in [6.45, 7) is 8.00. The van der Waals surface area contributed by atoms with Crippen molar-refractivity contribution in [2.24, 2.45) is 0 Å². The smallest absolute Gasteiger partial charge is 0.313 e. The molecule has 154 valence electrons. The third kappa shape index (κ3) is 3.81. The van der Waals surface area contributed by atoms with Crippen LogP contribution in [0.2, 0.25) is 0 Å². The first-order valence-electron chi connectivity index (χ1n) is 8.46. The van der Waals surface area contributed by atoms with Crippen molar-refractivity contribution in [2.45, 2.75) is 19.6 Å². The number of nitrogens with zero attached hydrogens (tertiary/aromatic N) is 2.